The van der Waals surface area contributed by atoms with Crippen LogP contribution in [0.2, 0.25) is 0 Å². The Kier molecular flexibility index (Phi) is 10.2. The van der Waals surface area contributed by atoms with Gasteiger partial charge in [-0.25, -0.2) is 9.66 Å². The molecule has 1 heterocycles. The van der Waals surface area contributed by atoms with E-state index in [1.807, 2.05) is 58.9 Å². The van der Waals surface area contributed by atoms with E-state index in [0.29, 0.717) is 6.54 Å². The third-order valence-electron chi connectivity index (χ3n) is 2.99. The number of hydrogen-bond donors (Lipinski definition) is 3. The van der Waals surface area contributed by atoms with Crippen molar-refractivity contribution in [2.75, 3.05) is 18.9 Å². The Morgan fingerprint density at radius 2 is 1.74 bits per heavy atom. The maximum absolute atomic E-state index is 5.91. The Morgan fingerprint density at radius 1 is 1.17 bits per heavy atom. The summed E-state index contributed by atoms with van der Waals surface area (Å²) in [6, 6.07) is 8.02. The van der Waals surface area contributed by atoms with Crippen LogP contribution < -0.4 is 16.9 Å². The molecular weight excluding hydrogens is 286 g/mol. The minimum Gasteiger partial charge on any atom is -0.384 e. The van der Waals surface area contributed by atoms with Crippen LogP contribution in [0.4, 0.5) is 0 Å². The summed E-state index contributed by atoms with van der Waals surface area (Å²) in [6.45, 7) is 15.2. The van der Waals surface area contributed by atoms with E-state index in [2.05, 4.69) is 16.9 Å². The van der Waals surface area contributed by atoms with Crippen molar-refractivity contribution >= 4 is 5.70 Å². The summed E-state index contributed by atoms with van der Waals surface area (Å²) in [5.74, 6) is 6.69. The van der Waals surface area contributed by atoms with Crippen LogP contribution in [0.1, 0.15) is 39.1 Å². The first-order valence-electron chi connectivity index (χ1n) is 8.16. The number of nitrogen functional groups attached to an aromatic ring is 1. The van der Waals surface area contributed by atoms with E-state index in [1.54, 1.807) is 10.9 Å². The fourth-order valence-electron chi connectivity index (χ4n) is 1.83. The molecule has 23 heavy (non-hydrogen) atoms. The number of nitrogens with two attached hydrogens (primary N) is 2. The zero-order valence-corrected chi connectivity index (χ0v) is 15.1. The lowest BCUT2D eigenvalue weighted by molar-refractivity contribution is 0.859. The second-order valence-electron chi connectivity index (χ2n) is 4.33. The van der Waals surface area contributed by atoms with Crippen molar-refractivity contribution in [2.24, 2.45) is 5.73 Å². The summed E-state index contributed by atoms with van der Waals surface area (Å²) < 4.78 is 1.58. The molecule has 0 bridgehead atoms. The number of rotatable bonds is 5. The Bertz CT molecular complexity index is 570. The number of hydrogen-bond acceptors (Lipinski definition) is 4. The van der Waals surface area contributed by atoms with Crippen LogP contribution in [-0.2, 0) is 0 Å². The second kappa shape index (κ2) is 11.3. The molecule has 5 N–H and O–H groups in total. The molecule has 0 aliphatic carbocycles. The zero-order chi connectivity index (χ0) is 17.8. The molecule has 1 aromatic carbocycles. The summed E-state index contributed by atoms with van der Waals surface area (Å²) in [6.07, 6.45) is 1.77. The van der Waals surface area contributed by atoms with Gasteiger partial charge in [0.25, 0.3) is 0 Å². The highest BCUT2D eigenvalue weighted by Crippen LogP contribution is 2.20. The molecule has 5 nitrogen and oxygen atoms in total. The Hall–Kier alpha value is -2.27. The van der Waals surface area contributed by atoms with Crippen LogP contribution in [0.15, 0.2) is 37.0 Å². The van der Waals surface area contributed by atoms with Crippen LogP contribution >= 0.6 is 0 Å². The third kappa shape index (κ3) is 5.79. The van der Waals surface area contributed by atoms with Crippen LogP contribution in [0, 0.1) is 6.92 Å². The van der Waals surface area contributed by atoms with Crippen molar-refractivity contribution < 1.29 is 0 Å². The number of aromatic nitrogens is 2. The van der Waals surface area contributed by atoms with Gasteiger partial charge in [0.15, 0.2) is 0 Å². The lowest BCUT2D eigenvalue weighted by Gasteiger charge is -2.09. The molecule has 5 heteroatoms. The van der Waals surface area contributed by atoms with Gasteiger partial charge in [0.1, 0.15) is 5.82 Å². The maximum Gasteiger partial charge on any atom is 0.124 e. The van der Waals surface area contributed by atoms with Crippen LogP contribution in [0.5, 0.6) is 0 Å². The molecule has 2 aromatic rings. The van der Waals surface area contributed by atoms with Gasteiger partial charge in [-0.2, -0.15) is 0 Å². The van der Waals surface area contributed by atoms with Gasteiger partial charge in [-0.15, -0.1) is 0 Å². The first-order valence-corrected chi connectivity index (χ1v) is 8.16. The Morgan fingerprint density at radius 3 is 2.17 bits per heavy atom. The smallest absolute Gasteiger partial charge is 0.124 e. The number of imidazole rings is 1. The van der Waals surface area contributed by atoms with Gasteiger partial charge < -0.3 is 16.9 Å². The van der Waals surface area contributed by atoms with E-state index in [-0.39, 0.29) is 0 Å². The molecule has 1 aromatic heterocycles. The third-order valence-corrected chi connectivity index (χ3v) is 2.99. The van der Waals surface area contributed by atoms with E-state index in [4.69, 9.17) is 11.6 Å². The van der Waals surface area contributed by atoms with Crippen molar-refractivity contribution in [3.63, 3.8) is 0 Å². The molecule has 0 aliphatic rings. The van der Waals surface area contributed by atoms with Gasteiger partial charge in [0.2, 0.25) is 0 Å². The molecular formula is C18H31N5. The predicted molar refractivity (Wildman–Crippen MR) is 101 cm³/mol. The molecule has 0 saturated carbocycles. The predicted octanol–water partition coefficient (Wildman–Crippen LogP) is 3.14. The number of benzene rings is 1. The fourth-order valence-corrected chi connectivity index (χ4v) is 1.83. The fraction of sp³-hybridized carbons (Fsp3) is 0.389. The Labute approximate surface area is 140 Å². The van der Waals surface area contributed by atoms with E-state index >= 15 is 0 Å². The van der Waals surface area contributed by atoms with Crippen molar-refractivity contribution in [1.29, 1.82) is 0 Å². The number of aryl methyl sites for hydroxylation is 1. The second-order valence-corrected chi connectivity index (χ2v) is 4.33. The van der Waals surface area contributed by atoms with Gasteiger partial charge >= 0.3 is 0 Å². The highest BCUT2D eigenvalue weighted by Gasteiger charge is 2.06. The molecule has 2 rings (SSSR count). The minimum absolute atomic E-state index is 0.586. The van der Waals surface area contributed by atoms with Gasteiger partial charge in [-0.05, 0) is 12.5 Å². The van der Waals surface area contributed by atoms with Gasteiger partial charge in [0, 0.05) is 24.4 Å². The van der Waals surface area contributed by atoms with Gasteiger partial charge in [-0.3, -0.25) is 0 Å². The lowest BCUT2D eigenvalue weighted by Crippen LogP contribution is -2.20. The average molecular weight is 317 g/mol. The highest BCUT2D eigenvalue weighted by atomic mass is 15.3. The first kappa shape index (κ1) is 20.7. The van der Waals surface area contributed by atoms with Crippen molar-refractivity contribution in [1.82, 2.24) is 15.0 Å². The highest BCUT2D eigenvalue weighted by molar-refractivity contribution is 5.67. The number of nitrogens with zero attached hydrogens (tertiary/aromatic N) is 2. The van der Waals surface area contributed by atoms with E-state index in [0.717, 1.165) is 34.9 Å². The summed E-state index contributed by atoms with van der Waals surface area (Å²) in [5, 5.41) is 3.16. The van der Waals surface area contributed by atoms with Crippen LogP contribution in [0.3, 0.4) is 0 Å². The largest absolute Gasteiger partial charge is 0.384 e. The monoisotopic (exact) mass is 317 g/mol. The molecule has 0 fully saturated rings. The lowest BCUT2D eigenvalue weighted by atomic mass is 10.1. The van der Waals surface area contributed by atoms with Crippen LogP contribution in [0.25, 0.3) is 17.0 Å². The minimum atomic E-state index is 0.586. The molecule has 0 radical (unpaired) electrons. The standard InChI is InChI=1S/C14H19N5.2C2H6/c1-10(17-8-7-15)12-3-5-13(6-4-12)14-9-18-11(2)19(14)16;2*1-2/h3-6,9,17H,1,7-8,15-16H2,2H3;2*1-2H3. The molecule has 0 aliphatic heterocycles. The molecule has 0 unspecified atom stereocenters. The van der Waals surface area contributed by atoms with Crippen LogP contribution in [-0.4, -0.2) is 22.7 Å². The molecule has 0 atom stereocenters. The molecule has 0 spiro atoms. The maximum atomic E-state index is 5.91. The summed E-state index contributed by atoms with van der Waals surface area (Å²) >= 11 is 0. The van der Waals surface area contributed by atoms with Gasteiger partial charge in [0.05, 0.1) is 11.9 Å². The van der Waals surface area contributed by atoms with E-state index in [1.165, 1.54) is 0 Å². The Balaban J connectivity index is 0.00000112. The summed E-state index contributed by atoms with van der Waals surface area (Å²) in [5.41, 5.74) is 9.28. The first-order chi connectivity index (χ1) is 11.1. The summed E-state index contributed by atoms with van der Waals surface area (Å²) in [7, 11) is 0. The molecule has 128 valence electrons. The summed E-state index contributed by atoms with van der Waals surface area (Å²) in [4.78, 5) is 4.18. The average Bonchev–Trinajstić information content (AvgIpc) is 2.95. The van der Waals surface area contributed by atoms with Gasteiger partial charge in [-0.1, -0.05) is 58.5 Å². The van der Waals surface area contributed by atoms with Crippen molar-refractivity contribution in [3.8, 4) is 11.3 Å². The van der Waals surface area contributed by atoms with E-state index < -0.39 is 0 Å². The van der Waals surface area contributed by atoms with E-state index in [9.17, 15) is 0 Å². The molecule has 0 amide bonds. The zero-order valence-electron chi connectivity index (χ0n) is 15.1. The topological polar surface area (TPSA) is 81.9 Å². The normalized spacial score (nSPS) is 9.13. The van der Waals surface area contributed by atoms with Crippen molar-refractivity contribution in [3.05, 3.63) is 48.4 Å². The SMILES string of the molecule is C=C(NCCN)c1ccc(-c2cnc(C)n2N)cc1.CC.CC. The van der Waals surface area contributed by atoms with Crippen molar-refractivity contribution in [2.45, 2.75) is 34.6 Å². The molecule has 0 saturated heterocycles. The quantitative estimate of drug-likeness (QED) is 0.740. The number of nitrogens with one attached hydrogen (secondary N) is 1.